The zero-order chi connectivity index (χ0) is 12.3. The maximum absolute atomic E-state index is 10.8. The summed E-state index contributed by atoms with van der Waals surface area (Å²) in [4.78, 5) is 19.0. The van der Waals surface area contributed by atoms with E-state index in [4.69, 9.17) is 10.5 Å². The van der Waals surface area contributed by atoms with Gasteiger partial charge in [-0.25, -0.2) is 14.8 Å². The summed E-state index contributed by atoms with van der Waals surface area (Å²) < 4.78 is 4.87. The lowest BCUT2D eigenvalue weighted by molar-refractivity contribution is 0.210. The first-order chi connectivity index (χ1) is 8.16. The Hall–Kier alpha value is -2.43. The number of hydrogen-bond donors (Lipinski definition) is 1. The molecule has 0 spiro atoms. The Labute approximate surface area is 98.3 Å². The Morgan fingerprint density at radius 2 is 2.00 bits per heavy atom. The Balaban J connectivity index is 2.51. The normalized spacial score (nSPS) is 9.94. The van der Waals surface area contributed by atoms with Crippen molar-refractivity contribution in [3.63, 3.8) is 0 Å². The monoisotopic (exact) mass is 229 g/mol. The molecule has 86 valence electrons. The molecule has 0 saturated heterocycles. The van der Waals surface area contributed by atoms with Crippen LogP contribution in [0.4, 0.5) is 4.79 Å². The van der Waals surface area contributed by atoms with E-state index in [-0.39, 0.29) is 5.75 Å². The van der Waals surface area contributed by atoms with Gasteiger partial charge in [0.2, 0.25) is 0 Å². The fraction of sp³-hybridized carbons (Fsp3) is 0.0833. The molecule has 5 heteroatoms. The van der Waals surface area contributed by atoms with Gasteiger partial charge in [0.05, 0.1) is 6.20 Å². The van der Waals surface area contributed by atoms with Gasteiger partial charge in [0.1, 0.15) is 11.5 Å². The molecular formula is C12H11N3O2. The van der Waals surface area contributed by atoms with Crippen LogP contribution in [0.15, 0.2) is 36.5 Å². The largest absolute Gasteiger partial charge is 0.410 e. The van der Waals surface area contributed by atoms with Gasteiger partial charge in [-0.3, -0.25) is 0 Å². The van der Waals surface area contributed by atoms with E-state index in [9.17, 15) is 4.79 Å². The van der Waals surface area contributed by atoms with Crippen LogP contribution in [0.3, 0.4) is 0 Å². The molecule has 0 saturated carbocycles. The van der Waals surface area contributed by atoms with E-state index in [1.807, 2.05) is 30.3 Å². The van der Waals surface area contributed by atoms with Crippen molar-refractivity contribution < 1.29 is 9.53 Å². The van der Waals surface area contributed by atoms with Gasteiger partial charge in [-0.15, -0.1) is 0 Å². The van der Waals surface area contributed by atoms with Crippen molar-refractivity contribution in [1.29, 1.82) is 0 Å². The topological polar surface area (TPSA) is 78.1 Å². The second kappa shape index (κ2) is 4.61. The Morgan fingerprint density at radius 1 is 1.29 bits per heavy atom. The molecule has 17 heavy (non-hydrogen) atoms. The van der Waals surface area contributed by atoms with E-state index in [0.29, 0.717) is 11.5 Å². The predicted molar refractivity (Wildman–Crippen MR) is 62.4 cm³/mol. The highest BCUT2D eigenvalue weighted by atomic mass is 16.5. The van der Waals surface area contributed by atoms with Crippen LogP contribution in [0.25, 0.3) is 11.3 Å². The van der Waals surface area contributed by atoms with Gasteiger partial charge >= 0.3 is 6.09 Å². The van der Waals surface area contributed by atoms with Crippen LogP contribution in [-0.4, -0.2) is 16.1 Å². The Bertz CT molecular complexity index is 541. The number of nitrogens with zero attached hydrogens (tertiary/aromatic N) is 2. The molecule has 0 aliphatic carbocycles. The van der Waals surface area contributed by atoms with Gasteiger partial charge in [0.15, 0.2) is 5.75 Å². The number of rotatable bonds is 2. The first-order valence-electron chi connectivity index (χ1n) is 5.03. The number of carbonyl (C=O) groups excluding carboxylic acids is 1. The molecular weight excluding hydrogens is 218 g/mol. The van der Waals surface area contributed by atoms with Crippen molar-refractivity contribution in [3.8, 4) is 17.0 Å². The van der Waals surface area contributed by atoms with E-state index in [0.717, 1.165) is 5.56 Å². The summed E-state index contributed by atoms with van der Waals surface area (Å²) >= 11 is 0. The van der Waals surface area contributed by atoms with E-state index < -0.39 is 6.09 Å². The number of benzene rings is 1. The summed E-state index contributed by atoms with van der Waals surface area (Å²) in [5.41, 5.74) is 6.39. The molecule has 0 fully saturated rings. The minimum atomic E-state index is -0.880. The summed E-state index contributed by atoms with van der Waals surface area (Å²) in [6.07, 6.45) is 0.560. The molecule has 0 aliphatic rings. The number of aromatic nitrogens is 2. The van der Waals surface area contributed by atoms with E-state index in [1.54, 1.807) is 6.92 Å². The van der Waals surface area contributed by atoms with Crippen LogP contribution in [0.2, 0.25) is 0 Å². The van der Waals surface area contributed by atoms with Crippen molar-refractivity contribution in [2.24, 2.45) is 5.73 Å². The number of amides is 1. The molecule has 0 bridgehead atoms. The summed E-state index contributed by atoms with van der Waals surface area (Å²) in [6, 6.07) is 9.39. The van der Waals surface area contributed by atoms with E-state index >= 15 is 0 Å². The third-order valence-electron chi connectivity index (χ3n) is 2.13. The molecule has 0 atom stereocenters. The van der Waals surface area contributed by atoms with Crippen LogP contribution in [-0.2, 0) is 0 Å². The Morgan fingerprint density at radius 3 is 2.65 bits per heavy atom. The number of ether oxygens (including phenoxy) is 1. The lowest BCUT2D eigenvalue weighted by Crippen LogP contribution is -2.17. The molecule has 0 aliphatic heterocycles. The summed E-state index contributed by atoms with van der Waals surface area (Å²) in [7, 11) is 0. The summed E-state index contributed by atoms with van der Waals surface area (Å²) in [6.45, 7) is 1.76. The molecule has 0 radical (unpaired) electrons. The van der Waals surface area contributed by atoms with Gasteiger partial charge in [0.25, 0.3) is 0 Å². The summed E-state index contributed by atoms with van der Waals surface area (Å²) in [5, 5.41) is 0. The standard InChI is InChI=1S/C12H11N3O2/c1-8-14-7-10(17-12(13)16)11(15-8)9-5-3-2-4-6-9/h2-7H,1H3,(H2,13,16). The third-order valence-corrected chi connectivity index (χ3v) is 2.13. The first-order valence-corrected chi connectivity index (χ1v) is 5.03. The smallest absolute Gasteiger partial charge is 0.406 e. The molecule has 5 nitrogen and oxygen atoms in total. The maximum atomic E-state index is 10.8. The maximum Gasteiger partial charge on any atom is 0.410 e. The van der Waals surface area contributed by atoms with Crippen molar-refractivity contribution in [2.75, 3.05) is 0 Å². The van der Waals surface area contributed by atoms with Crippen LogP contribution in [0.5, 0.6) is 5.75 Å². The number of hydrogen-bond acceptors (Lipinski definition) is 4. The molecule has 1 amide bonds. The van der Waals surface area contributed by atoms with Crippen LogP contribution in [0.1, 0.15) is 5.82 Å². The molecule has 0 unspecified atom stereocenters. The van der Waals surface area contributed by atoms with Crippen LogP contribution in [0, 0.1) is 6.92 Å². The van der Waals surface area contributed by atoms with Crippen molar-refractivity contribution in [3.05, 3.63) is 42.4 Å². The van der Waals surface area contributed by atoms with Crippen molar-refractivity contribution >= 4 is 6.09 Å². The molecule has 2 rings (SSSR count). The van der Waals surface area contributed by atoms with Crippen molar-refractivity contribution in [1.82, 2.24) is 9.97 Å². The second-order valence-corrected chi connectivity index (χ2v) is 3.42. The molecule has 2 N–H and O–H groups in total. The van der Waals surface area contributed by atoms with Gasteiger partial charge in [-0.1, -0.05) is 30.3 Å². The first kappa shape index (κ1) is 11.1. The highest BCUT2D eigenvalue weighted by Gasteiger charge is 2.11. The number of aryl methyl sites for hydroxylation is 1. The second-order valence-electron chi connectivity index (χ2n) is 3.42. The summed E-state index contributed by atoms with van der Waals surface area (Å²) in [5.74, 6) is 0.856. The van der Waals surface area contributed by atoms with E-state index in [1.165, 1.54) is 6.20 Å². The highest BCUT2D eigenvalue weighted by Crippen LogP contribution is 2.26. The molecule has 1 heterocycles. The quantitative estimate of drug-likeness (QED) is 0.853. The van der Waals surface area contributed by atoms with Gasteiger partial charge in [0, 0.05) is 5.56 Å². The molecule has 2 aromatic rings. The molecule has 1 aromatic heterocycles. The minimum Gasteiger partial charge on any atom is -0.406 e. The van der Waals surface area contributed by atoms with Crippen LogP contribution >= 0.6 is 0 Å². The minimum absolute atomic E-state index is 0.259. The Kier molecular flexibility index (Phi) is 3.00. The molecule has 1 aromatic carbocycles. The van der Waals surface area contributed by atoms with Gasteiger partial charge in [-0.05, 0) is 6.92 Å². The lowest BCUT2D eigenvalue weighted by atomic mass is 10.1. The zero-order valence-electron chi connectivity index (χ0n) is 9.25. The van der Waals surface area contributed by atoms with Crippen LogP contribution < -0.4 is 10.5 Å². The SMILES string of the molecule is Cc1ncc(OC(N)=O)c(-c2ccccc2)n1. The van der Waals surface area contributed by atoms with Gasteiger partial charge in [-0.2, -0.15) is 0 Å². The average Bonchev–Trinajstić information content (AvgIpc) is 2.32. The van der Waals surface area contributed by atoms with E-state index in [2.05, 4.69) is 9.97 Å². The predicted octanol–water partition coefficient (Wildman–Crippen LogP) is 1.91. The highest BCUT2D eigenvalue weighted by molar-refractivity contribution is 5.73. The number of nitrogens with two attached hydrogens (primary N) is 1. The lowest BCUT2D eigenvalue weighted by Gasteiger charge is -2.07. The number of carbonyl (C=O) groups is 1. The average molecular weight is 229 g/mol. The number of primary amides is 1. The fourth-order valence-electron chi connectivity index (χ4n) is 1.44. The van der Waals surface area contributed by atoms with Crippen molar-refractivity contribution in [2.45, 2.75) is 6.92 Å². The van der Waals surface area contributed by atoms with Gasteiger partial charge < -0.3 is 10.5 Å². The fourth-order valence-corrected chi connectivity index (χ4v) is 1.44. The zero-order valence-corrected chi connectivity index (χ0v) is 9.25. The third kappa shape index (κ3) is 2.57.